The Labute approximate surface area is 184 Å². The van der Waals surface area contributed by atoms with Crippen molar-refractivity contribution in [3.05, 3.63) is 70.6 Å². The van der Waals surface area contributed by atoms with Crippen molar-refractivity contribution in [3.8, 4) is 11.9 Å². The summed E-state index contributed by atoms with van der Waals surface area (Å²) in [6.45, 7) is 3.39. The van der Waals surface area contributed by atoms with Gasteiger partial charge in [0.2, 0.25) is 0 Å². The Hall–Kier alpha value is -3.70. The molecule has 31 heavy (non-hydrogen) atoms. The summed E-state index contributed by atoms with van der Waals surface area (Å²) in [6, 6.07) is 15.9. The number of benzene rings is 1. The van der Waals surface area contributed by atoms with Gasteiger partial charge in [0.05, 0.1) is 23.2 Å². The summed E-state index contributed by atoms with van der Waals surface area (Å²) in [5, 5.41) is 13.3. The second-order valence-corrected chi connectivity index (χ2v) is 7.11. The maximum Gasteiger partial charge on any atom is 0.359 e. The monoisotopic (exact) mass is 437 g/mol. The Morgan fingerprint density at radius 2 is 1.94 bits per heavy atom. The smallest absolute Gasteiger partial charge is 0.359 e. The molecule has 0 atom stereocenters. The molecule has 1 amide bonds. The number of aromatic nitrogens is 3. The van der Waals surface area contributed by atoms with Crippen molar-refractivity contribution >= 4 is 29.2 Å². The number of para-hydroxylation sites is 1. The average Bonchev–Trinajstić information content (AvgIpc) is 3.11. The number of esters is 1. The van der Waals surface area contributed by atoms with Crippen LogP contribution in [0.1, 0.15) is 28.3 Å². The van der Waals surface area contributed by atoms with E-state index in [1.807, 2.05) is 32.0 Å². The van der Waals surface area contributed by atoms with Gasteiger partial charge in [-0.15, -0.1) is 0 Å². The van der Waals surface area contributed by atoms with E-state index in [1.54, 1.807) is 35.0 Å². The first-order chi connectivity index (χ1) is 14.9. The molecule has 3 aromatic rings. The fraction of sp³-hybridized carbons (Fsp3) is 0.227. The first-order valence-corrected chi connectivity index (χ1v) is 9.88. The Bertz CT molecular complexity index is 1140. The predicted molar refractivity (Wildman–Crippen MR) is 115 cm³/mol. The van der Waals surface area contributed by atoms with Gasteiger partial charge in [-0.05, 0) is 44.2 Å². The number of aryl methyl sites for hydroxylation is 2. The minimum absolute atomic E-state index is 0.104. The molecule has 0 aliphatic heterocycles. The van der Waals surface area contributed by atoms with Gasteiger partial charge in [-0.25, -0.2) is 14.5 Å². The first-order valence-electron chi connectivity index (χ1n) is 9.50. The number of anilines is 1. The van der Waals surface area contributed by atoms with Crippen molar-refractivity contribution in [1.29, 1.82) is 5.26 Å². The van der Waals surface area contributed by atoms with Gasteiger partial charge in [0.15, 0.2) is 18.1 Å². The highest BCUT2D eigenvalue weighted by atomic mass is 35.5. The minimum atomic E-state index is -0.824. The summed E-state index contributed by atoms with van der Waals surface area (Å²) < 4.78 is 6.78. The topological polar surface area (TPSA) is 101 Å². The predicted octanol–water partition coefficient (Wildman–Crippen LogP) is 3.64. The minimum Gasteiger partial charge on any atom is -0.451 e. The lowest BCUT2D eigenvalue weighted by molar-refractivity contribution is -0.121. The molecule has 1 aromatic carbocycles. The molecule has 8 nitrogen and oxygen atoms in total. The Morgan fingerprint density at radius 1 is 1.19 bits per heavy atom. The summed E-state index contributed by atoms with van der Waals surface area (Å²) in [5.41, 5.74) is 2.16. The Balaban J connectivity index is 1.75. The van der Waals surface area contributed by atoms with Gasteiger partial charge in [-0.1, -0.05) is 29.8 Å². The molecule has 0 aliphatic carbocycles. The molecular weight excluding hydrogens is 418 g/mol. The molecular formula is C22H20ClN5O3. The van der Waals surface area contributed by atoms with E-state index in [0.717, 1.165) is 11.4 Å². The molecule has 158 valence electrons. The third-order valence-electron chi connectivity index (χ3n) is 4.39. The summed E-state index contributed by atoms with van der Waals surface area (Å²) in [7, 11) is 0. The maximum absolute atomic E-state index is 12.7. The molecule has 2 heterocycles. The van der Waals surface area contributed by atoms with E-state index in [9.17, 15) is 9.59 Å². The molecule has 0 unspecified atom stereocenters. The van der Waals surface area contributed by atoms with Crippen molar-refractivity contribution < 1.29 is 14.3 Å². The summed E-state index contributed by atoms with van der Waals surface area (Å²) in [4.78, 5) is 30.9. The van der Waals surface area contributed by atoms with Crippen LogP contribution in [0.2, 0.25) is 5.02 Å². The number of carbonyl (C=O) groups is 2. The van der Waals surface area contributed by atoms with Gasteiger partial charge in [0.25, 0.3) is 5.91 Å². The van der Waals surface area contributed by atoms with Crippen LogP contribution in [-0.2, 0) is 9.53 Å². The lowest BCUT2D eigenvalue weighted by atomic mass is 10.2. The summed E-state index contributed by atoms with van der Waals surface area (Å²) in [6.07, 6.45) is 0.145. The lowest BCUT2D eigenvalue weighted by Gasteiger charge is -2.21. The van der Waals surface area contributed by atoms with Crippen molar-refractivity contribution in [3.63, 3.8) is 0 Å². The average molecular weight is 438 g/mol. The lowest BCUT2D eigenvalue weighted by Crippen LogP contribution is -2.35. The van der Waals surface area contributed by atoms with Gasteiger partial charge in [-0.2, -0.15) is 10.4 Å². The van der Waals surface area contributed by atoms with Crippen LogP contribution in [0, 0.1) is 25.2 Å². The van der Waals surface area contributed by atoms with E-state index in [-0.39, 0.29) is 23.7 Å². The number of carbonyl (C=O) groups excluding carboxylic acids is 2. The third-order valence-corrected chi connectivity index (χ3v) is 4.70. The van der Waals surface area contributed by atoms with Crippen LogP contribution >= 0.6 is 11.6 Å². The number of hydrogen-bond donors (Lipinski definition) is 0. The number of halogens is 1. The van der Waals surface area contributed by atoms with E-state index in [4.69, 9.17) is 21.6 Å². The molecule has 3 rings (SSSR count). The Morgan fingerprint density at radius 3 is 2.58 bits per heavy atom. The quantitative estimate of drug-likeness (QED) is 0.523. The fourth-order valence-electron chi connectivity index (χ4n) is 2.99. The van der Waals surface area contributed by atoms with Crippen LogP contribution in [0.3, 0.4) is 0 Å². The first kappa shape index (κ1) is 22.0. The van der Waals surface area contributed by atoms with Crippen LogP contribution in [0.25, 0.3) is 5.82 Å². The van der Waals surface area contributed by atoms with Crippen LogP contribution in [-0.4, -0.2) is 39.8 Å². The number of nitriles is 1. The van der Waals surface area contributed by atoms with Crippen LogP contribution in [0.15, 0.2) is 48.5 Å². The van der Waals surface area contributed by atoms with Crippen molar-refractivity contribution in [1.82, 2.24) is 14.8 Å². The number of hydrogen-bond acceptors (Lipinski definition) is 6. The zero-order chi connectivity index (χ0) is 22.4. The van der Waals surface area contributed by atoms with Gasteiger partial charge in [-0.3, -0.25) is 4.79 Å². The van der Waals surface area contributed by atoms with Crippen LogP contribution in [0.5, 0.6) is 0 Å². The van der Waals surface area contributed by atoms with Crippen molar-refractivity contribution in [2.45, 2.75) is 20.3 Å². The molecule has 0 radical (unpaired) electrons. The number of pyridine rings is 1. The van der Waals surface area contributed by atoms with Crippen molar-refractivity contribution in [2.75, 3.05) is 18.1 Å². The highest BCUT2D eigenvalue weighted by Crippen LogP contribution is 2.19. The molecule has 0 saturated heterocycles. The fourth-order valence-corrected chi connectivity index (χ4v) is 3.18. The summed E-state index contributed by atoms with van der Waals surface area (Å²) in [5.74, 6) is -0.871. The zero-order valence-electron chi connectivity index (χ0n) is 17.1. The number of amides is 1. The van der Waals surface area contributed by atoms with E-state index in [0.29, 0.717) is 11.5 Å². The van der Waals surface area contributed by atoms with E-state index >= 15 is 0 Å². The SMILES string of the molecule is Cc1cc(C)n(-c2ccc(Cl)c(C(=O)OCC(=O)N(CCC#N)c3ccccc3)n2)n1. The molecule has 0 saturated carbocycles. The number of ether oxygens (including phenoxy) is 1. The Kier molecular flexibility index (Phi) is 7.00. The largest absolute Gasteiger partial charge is 0.451 e. The molecule has 0 spiro atoms. The van der Waals surface area contributed by atoms with Gasteiger partial charge in [0.1, 0.15) is 0 Å². The van der Waals surface area contributed by atoms with Gasteiger partial charge < -0.3 is 9.64 Å². The molecule has 2 aromatic heterocycles. The van der Waals surface area contributed by atoms with Crippen LogP contribution in [0.4, 0.5) is 5.69 Å². The molecule has 0 bridgehead atoms. The molecule has 0 aliphatic rings. The highest BCUT2D eigenvalue weighted by molar-refractivity contribution is 6.33. The molecule has 0 fully saturated rings. The highest BCUT2D eigenvalue weighted by Gasteiger charge is 2.21. The van der Waals surface area contributed by atoms with Gasteiger partial charge in [0, 0.05) is 17.9 Å². The maximum atomic E-state index is 12.7. The van der Waals surface area contributed by atoms with E-state index in [1.165, 1.54) is 11.0 Å². The van der Waals surface area contributed by atoms with Crippen molar-refractivity contribution in [2.24, 2.45) is 0 Å². The molecule has 0 N–H and O–H groups in total. The zero-order valence-corrected chi connectivity index (χ0v) is 17.8. The number of rotatable bonds is 7. The standard InChI is InChI=1S/C22H20ClN5O3/c1-15-13-16(2)28(26-15)19-10-9-18(23)21(25-19)22(30)31-14-20(29)27(12-6-11-24)17-7-4-3-5-8-17/h3-5,7-10,13H,6,12,14H2,1-2H3. The summed E-state index contributed by atoms with van der Waals surface area (Å²) >= 11 is 6.14. The third kappa shape index (κ3) is 5.27. The normalized spacial score (nSPS) is 10.4. The van der Waals surface area contributed by atoms with E-state index < -0.39 is 18.5 Å². The second-order valence-electron chi connectivity index (χ2n) is 6.70. The second kappa shape index (κ2) is 9.87. The van der Waals surface area contributed by atoms with Gasteiger partial charge >= 0.3 is 5.97 Å². The van der Waals surface area contributed by atoms with Crippen LogP contribution < -0.4 is 4.90 Å². The van der Waals surface area contributed by atoms with E-state index in [2.05, 4.69) is 10.1 Å². The molecule has 9 heteroatoms. The number of nitrogens with zero attached hydrogens (tertiary/aromatic N) is 5.